The molecule has 1 fully saturated rings. The van der Waals surface area contributed by atoms with E-state index in [0.717, 1.165) is 30.9 Å². The number of aromatic nitrogens is 1. The van der Waals surface area contributed by atoms with Gasteiger partial charge in [-0.15, -0.1) is 0 Å². The van der Waals surface area contributed by atoms with Gasteiger partial charge in [0.15, 0.2) is 0 Å². The summed E-state index contributed by atoms with van der Waals surface area (Å²) in [6.07, 6.45) is 0.303. The van der Waals surface area contributed by atoms with E-state index in [4.69, 9.17) is 0 Å². The molecule has 3 nitrogen and oxygen atoms in total. The van der Waals surface area contributed by atoms with Crippen molar-refractivity contribution in [3.63, 3.8) is 0 Å². The van der Waals surface area contributed by atoms with Crippen LogP contribution in [0.2, 0.25) is 0 Å². The van der Waals surface area contributed by atoms with Crippen molar-refractivity contribution in [3.05, 3.63) is 17.7 Å². The van der Waals surface area contributed by atoms with Crippen molar-refractivity contribution in [1.82, 2.24) is 4.98 Å². The van der Waals surface area contributed by atoms with Gasteiger partial charge in [0.2, 0.25) is 0 Å². The lowest BCUT2D eigenvalue weighted by atomic mass is 9.83. The number of hydrogen-bond donors (Lipinski definition) is 2. The molecular weight excluding hydrogens is 279 g/mol. The highest BCUT2D eigenvalue weighted by molar-refractivity contribution is 5.49. The predicted molar refractivity (Wildman–Crippen MR) is 78.4 cm³/mol. The molecule has 0 aliphatic heterocycles. The minimum Gasteiger partial charge on any atom is -0.373 e. The van der Waals surface area contributed by atoms with Crippen LogP contribution in [0.1, 0.15) is 38.2 Å². The summed E-state index contributed by atoms with van der Waals surface area (Å²) >= 11 is 0. The van der Waals surface area contributed by atoms with Crippen molar-refractivity contribution in [2.45, 2.75) is 38.8 Å². The summed E-state index contributed by atoms with van der Waals surface area (Å²) in [7, 11) is 1.56. The van der Waals surface area contributed by atoms with E-state index < -0.39 is 11.7 Å². The summed E-state index contributed by atoms with van der Waals surface area (Å²) in [5.74, 6) is 1.80. The molecule has 0 amide bonds. The maximum atomic E-state index is 12.8. The molecule has 1 aliphatic rings. The van der Waals surface area contributed by atoms with E-state index in [1.54, 1.807) is 7.05 Å². The molecule has 0 aromatic carbocycles. The fraction of sp³-hybridized carbons (Fsp3) is 0.667. The van der Waals surface area contributed by atoms with Crippen LogP contribution in [0.3, 0.4) is 0 Å². The summed E-state index contributed by atoms with van der Waals surface area (Å²) in [6, 6.07) is 2.10. The first-order chi connectivity index (χ1) is 9.88. The molecule has 0 unspecified atom stereocenters. The molecule has 1 aromatic heterocycles. The molecular formula is C15H22F3N3. The van der Waals surface area contributed by atoms with Crippen LogP contribution in [0.4, 0.5) is 24.8 Å². The van der Waals surface area contributed by atoms with E-state index >= 15 is 0 Å². The van der Waals surface area contributed by atoms with E-state index in [9.17, 15) is 13.2 Å². The molecule has 6 heteroatoms. The zero-order valence-electron chi connectivity index (χ0n) is 12.4. The molecule has 0 saturated heterocycles. The van der Waals surface area contributed by atoms with Crippen molar-refractivity contribution in [1.29, 1.82) is 0 Å². The summed E-state index contributed by atoms with van der Waals surface area (Å²) in [5, 5.41) is 5.74. The van der Waals surface area contributed by atoms with E-state index in [-0.39, 0.29) is 11.6 Å². The molecule has 21 heavy (non-hydrogen) atoms. The topological polar surface area (TPSA) is 37.0 Å². The number of pyridine rings is 1. The molecule has 0 atom stereocenters. The van der Waals surface area contributed by atoms with E-state index in [1.165, 1.54) is 12.8 Å². The second kappa shape index (κ2) is 6.54. The van der Waals surface area contributed by atoms with E-state index in [0.29, 0.717) is 12.5 Å². The first-order valence-corrected chi connectivity index (χ1v) is 7.39. The summed E-state index contributed by atoms with van der Waals surface area (Å²) in [5.41, 5.74) is -0.679. The third-order valence-electron chi connectivity index (χ3n) is 4.12. The number of nitrogens with one attached hydrogen (secondary N) is 2. The Labute approximate surface area is 123 Å². The third-order valence-corrected chi connectivity index (χ3v) is 4.12. The second-order valence-electron chi connectivity index (χ2n) is 5.88. The fourth-order valence-electron chi connectivity index (χ4n) is 2.70. The fourth-order valence-corrected chi connectivity index (χ4v) is 2.70. The number of alkyl halides is 3. The average Bonchev–Trinajstić information content (AvgIpc) is 2.45. The van der Waals surface area contributed by atoms with Crippen molar-refractivity contribution < 1.29 is 13.2 Å². The van der Waals surface area contributed by atoms with Gasteiger partial charge in [-0.3, -0.25) is 0 Å². The first-order valence-electron chi connectivity index (χ1n) is 7.39. The molecule has 1 aliphatic carbocycles. The van der Waals surface area contributed by atoms with E-state index in [1.807, 2.05) is 0 Å². The lowest BCUT2D eigenvalue weighted by Crippen LogP contribution is -2.21. The first kappa shape index (κ1) is 15.9. The van der Waals surface area contributed by atoms with Crippen molar-refractivity contribution in [2.24, 2.45) is 11.8 Å². The molecule has 0 radical (unpaired) electrons. The van der Waals surface area contributed by atoms with Gasteiger partial charge in [0.05, 0.1) is 5.56 Å². The number of anilines is 2. The van der Waals surface area contributed by atoms with Crippen LogP contribution in [-0.2, 0) is 6.18 Å². The minimum atomic E-state index is -4.36. The number of nitrogens with zero attached hydrogens (tertiary/aromatic N) is 1. The standard InChI is InChI=1S/C15H22F3N3/c1-10-3-5-11(6-4-10)9-20-14-8-12(15(16,17)18)7-13(19-2)21-14/h7-8,10-11H,3-6,9H2,1-2H3,(H2,19,20,21). The highest BCUT2D eigenvalue weighted by Crippen LogP contribution is 2.32. The Morgan fingerprint density at radius 3 is 2.33 bits per heavy atom. The monoisotopic (exact) mass is 301 g/mol. The summed E-state index contributed by atoms with van der Waals surface area (Å²) in [6.45, 7) is 2.93. The highest BCUT2D eigenvalue weighted by atomic mass is 19.4. The Balaban J connectivity index is 2.02. The zero-order chi connectivity index (χ0) is 15.5. The smallest absolute Gasteiger partial charge is 0.373 e. The maximum Gasteiger partial charge on any atom is 0.416 e. The maximum absolute atomic E-state index is 12.8. The summed E-state index contributed by atoms with van der Waals surface area (Å²) in [4.78, 5) is 4.14. The van der Waals surface area contributed by atoms with Crippen molar-refractivity contribution in [3.8, 4) is 0 Å². The molecule has 1 aromatic rings. The predicted octanol–water partition coefficient (Wildman–Crippen LogP) is 4.38. The normalized spacial score (nSPS) is 22.9. The minimum absolute atomic E-state index is 0.226. The van der Waals surface area contributed by atoms with Gasteiger partial charge >= 0.3 is 6.18 Å². The molecule has 0 spiro atoms. The molecule has 1 heterocycles. The average molecular weight is 301 g/mol. The van der Waals surface area contributed by atoms with Crippen LogP contribution < -0.4 is 10.6 Å². The molecule has 2 rings (SSSR count). The molecule has 2 N–H and O–H groups in total. The van der Waals surface area contributed by atoms with Gasteiger partial charge in [-0.1, -0.05) is 19.8 Å². The number of halogens is 3. The van der Waals surface area contributed by atoms with Gasteiger partial charge < -0.3 is 10.6 Å². The SMILES string of the molecule is CNc1cc(C(F)(F)F)cc(NCC2CCC(C)CC2)n1. The quantitative estimate of drug-likeness (QED) is 0.866. The Bertz CT molecular complexity index is 466. The van der Waals surface area contributed by atoms with Gasteiger partial charge in [0.1, 0.15) is 11.6 Å². The molecule has 118 valence electrons. The largest absolute Gasteiger partial charge is 0.416 e. The van der Waals surface area contributed by atoms with Gasteiger partial charge in [-0.05, 0) is 36.8 Å². The van der Waals surface area contributed by atoms with Gasteiger partial charge in [-0.25, -0.2) is 4.98 Å². The highest BCUT2D eigenvalue weighted by Gasteiger charge is 2.31. The molecule has 1 saturated carbocycles. The lowest BCUT2D eigenvalue weighted by molar-refractivity contribution is -0.137. The Hall–Kier alpha value is -1.46. The Kier molecular flexibility index (Phi) is 4.96. The van der Waals surface area contributed by atoms with Gasteiger partial charge in [0.25, 0.3) is 0 Å². The van der Waals surface area contributed by atoms with Crippen molar-refractivity contribution in [2.75, 3.05) is 24.2 Å². The van der Waals surface area contributed by atoms with Crippen LogP contribution in [0.25, 0.3) is 0 Å². The van der Waals surface area contributed by atoms with Gasteiger partial charge in [-0.2, -0.15) is 13.2 Å². The van der Waals surface area contributed by atoms with Crippen LogP contribution in [0.15, 0.2) is 12.1 Å². The zero-order valence-corrected chi connectivity index (χ0v) is 12.4. The third kappa shape index (κ3) is 4.51. The van der Waals surface area contributed by atoms with Crippen LogP contribution in [0.5, 0.6) is 0 Å². The Morgan fingerprint density at radius 1 is 1.14 bits per heavy atom. The number of rotatable bonds is 4. The van der Waals surface area contributed by atoms with Crippen LogP contribution >= 0.6 is 0 Å². The molecule has 0 bridgehead atoms. The lowest BCUT2D eigenvalue weighted by Gasteiger charge is -2.26. The van der Waals surface area contributed by atoms with Crippen molar-refractivity contribution >= 4 is 11.6 Å². The second-order valence-corrected chi connectivity index (χ2v) is 5.88. The summed E-state index contributed by atoms with van der Waals surface area (Å²) < 4.78 is 38.5. The van der Waals surface area contributed by atoms with E-state index in [2.05, 4.69) is 22.5 Å². The number of hydrogen-bond acceptors (Lipinski definition) is 3. The van der Waals surface area contributed by atoms with Crippen LogP contribution in [0, 0.1) is 11.8 Å². The van der Waals surface area contributed by atoms with Gasteiger partial charge in [0, 0.05) is 13.6 Å². The Morgan fingerprint density at radius 2 is 1.76 bits per heavy atom. The van der Waals surface area contributed by atoms with Crippen LogP contribution in [-0.4, -0.2) is 18.6 Å².